The number of aryl methyl sites for hydroxylation is 1. The third-order valence-electron chi connectivity index (χ3n) is 2.66. The molecule has 3 rings (SSSR count). The van der Waals surface area contributed by atoms with Gasteiger partial charge in [-0.1, -0.05) is 24.3 Å². The highest BCUT2D eigenvalue weighted by atomic mass is 16.6. The Morgan fingerprint density at radius 1 is 1.12 bits per heavy atom. The first kappa shape index (κ1) is 10.1. The molecule has 1 aromatic carbocycles. The van der Waals surface area contributed by atoms with Crippen molar-refractivity contribution >= 4 is 13.4 Å². The van der Waals surface area contributed by atoms with Gasteiger partial charge in [0.25, 0.3) is 0 Å². The molecule has 0 saturated heterocycles. The van der Waals surface area contributed by atoms with Crippen LogP contribution in [0.15, 0.2) is 47.3 Å². The summed E-state index contributed by atoms with van der Waals surface area (Å²) in [5, 5.41) is 0. The molecule has 2 aromatic rings. The van der Waals surface area contributed by atoms with Crippen molar-refractivity contribution in [3.8, 4) is 11.3 Å². The van der Waals surface area contributed by atoms with Crippen molar-refractivity contribution in [2.75, 3.05) is 0 Å². The number of hydrogen-bond donors (Lipinski definition) is 0. The zero-order valence-electron chi connectivity index (χ0n) is 9.47. The van der Waals surface area contributed by atoms with Gasteiger partial charge in [-0.15, -0.1) is 0 Å². The van der Waals surface area contributed by atoms with Gasteiger partial charge in [0.2, 0.25) is 0 Å². The quantitative estimate of drug-likeness (QED) is 0.737. The molecule has 0 saturated carbocycles. The van der Waals surface area contributed by atoms with Crippen LogP contribution in [-0.4, -0.2) is 7.69 Å². The van der Waals surface area contributed by atoms with Gasteiger partial charge >= 0.3 is 7.69 Å². The van der Waals surface area contributed by atoms with Crippen LogP contribution in [0.4, 0.5) is 0 Å². The summed E-state index contributed by atoms with van der Waals surface area (Å²) in [6.07, 6.45) is 3.38. The molecule has 1 aliphatic rings. The lowest BCUT2D eigenvalue weighted by Gasteiger charge is -2.07. The summed E-state index contributed by atoms with van der Waals surface area (Å²) in [6.45, 7) is 2.00. The van der Waals surface area contributed by atoms with Crippen molar-refractivity contribution in [1.29, 1.82) is 0 Å². The molecule has 1 aliphatic heterocycles. The highest BCUT2D eigenvalue weighted by Gasteiger charge is 2.17. The first-order valence-electron chi connectivity index (χ1n) is 5.44. The van der Waals surface area contributed by atoms with E-state index in [4.69, 9.17) is 13.7 Å². The monoisotopic (exact) mass is 226 g/mol. The van der Waals surface area contributed by atoms with Crippen molar-refractivity contribution in [3.63, 3.8) is 0 Å². The molecule has 0 atom stereocenters. The third kappa shape index (κ3) is 1.82. The summed E-state index contributed by atoms with van der Waals surface area (Å²) in [4.78, 5) is 0. The lowest BCUT2D eigenvalue weighted by molar-refractivity contribution is 0.454. The second-order valence-corrected chi connectivity index (χ2v) is 3.94. The second kappa shape index (κ2) is 4.05. The molecule has 0 amide bonds. The van der Waals surface area contributed by atoms with Gasteiger partial charge in [0.05, 0.1) is 6.26 Å². The minimum atomic E-state index is 0.279. The highest BCUT2D eigenvalue weighted by Crippen LogP contribution is 2.31. The molecule has 0 spiro atoms. The molecule has 17 heavy (non-hydrogen) atoms. The van der Waals surface area contributed by atoms with Crippen molar-refractivity contribution in [2.45, 2.75) is 6.92 Å². The smallest absolute Gasteiger partial charge is 0.531 e. The van der Waals surface area contributed by atoms with E-state index in [0.29, 0.717) is 0 Å². The molecule has 1 aromatic heterocycles. The van der Waals surface area contributed by atoms with Crippen LogP contribution < -0.4 is 0 Å². The number of benzene rings is 1. The van der Waals surface area contributed by atoms with Crippen LogP contribution in [0.5, 0.6) is 0 Å². The number of rotatable bonds is 2. The largest absolute Gasteiger partial charge is 0.576 e. The summed E-state index contributed by atoms with van der Waals surface area (Å²) in [5.74, 6) is 1.59. The summed E-state index contributed by atoms with van der Waals surface area (Å²) in [7, 11) is 0.279. The van der Waals surface area contributed by atoms with Gasteiger partial charge in [-0.2, -0.15) is 0 Å². The van der Waals surface area contributed by atoms with Gasteiger partial charge in [0.15, 0.2) is 0 Å². The molecular weight excluding hydrogens is 215 g/mol. The lowest BCUT2D eigenvalue weighted by atomic mass is 10.0. The average Bonchev–Trinajstić information content (AvgIpc) is 3.00. The SMILES string of the molecule is Cc1coc(-c2ccccc2C2=COBO2)c1. The average molecular weight is 226 g/mol. The first-order valence-corrected chi connectivity index (χ1v) is 5.44. The standard InChI is InChI=1S/C13H11BO3/c1-9-6-12(15-7-9)10-4-2-3-5-11(10)13-8-16-14-17-13/h2-8,14H,1H3. The molecule has 84 valence electrons. The summed E-state index contributed by atoms with van der Waals surface area (Å²) < 4.78 is 16.0. The highest BCUT2D eigenvalue weighted by molar-refractivity contribution is 6.22. The van der Waals surface area contributed by atoms with E-state index in [2.05, 4.69) is 0 Å². The molecule has 2 heterocycles. The van der Waals surface area contributed by atoms with Crippen LogP contribution in [0.2, 0.25) is 0 Å². The fourth-order valence-electron chi connectivity index (χ4n) is 1.87. The predicted molar refractivity (Wildman–Crippen MR) is 66.2 cm³/mol. The van der Waals surface area contributed by atoms with E-state index in [-0.39, 0.29) is 7.69 Å². The molecule has 0 radical (unpaired) electrons. The van der Waals surface area contributed by atoms with Crippen molar-refractivity contribution < 1.29 is 13.7 Å². The van der Waals surface area contributed by atoms with Crippen LogP contribution in [-0.2, 0) is 9.31 Å². The van der Waals surface area contributed by atoms with Crippen LogP contribution in [0.25, 0.3) is 17.1 Å². The zero-order valence-corrected chi connectivity index (χ0v) is 9.47. The summed E-state index contributed by atoms with van der Waals surface area (Å²) >= 11 is 0. The van der Waals surface area contributed by atoms with Crippen LogP contribution in [0.1, 0.15) is 11.1 Å². The predicted octanol–water partition coefficient (Wildman–Crippen LogP) is 2.87. The minimum absolute atomic E-state index is 0.279. The Morgan fingerprint density at radius 3 is 2.59 bits per heavy atom. The van der Waals surface area contributed by atoms with Gasteiger partial charge in [-0.05, 0) is 18.6 Å². The molecule has 3 nitrogen and oxygen atoms in total. The maximum Gasteiger partial charge on any atom is 0.576 e. The van der Waals surface area contributed by atoms with Crippen molar-refractivity contribution in [3.05, 3.63) is 54.0 Å². The van der Waals surface area contributed by atoms with Crippen LogP contribution >= 0.6 is 0 Å². The Bertz CT molecular complexity index is 572. The number of hydrogen-bond acceptors (Lipinski definition) is 3. The summed E-state index contributed by atoms with van der Waals surface area (Å²) in [6, 6.07) is 9.96. The zero-order chi connectivity index (χ0) is 11.7. The van der Waals surface area contributed by atoms with E-state index in [0.717, 1.165) is 28.2 Å². The third-order valence-corrected chi connectivity index (χ3v) is 2.66. The Labute approximate surface area is 100.0 Å². The molecule has 0 bridgehead atoms. The summed E-state index contributed by atoms with van der Waals surface area (Å²) in [5.41, 5.74) is 3.10. The van der Waals surface area contributed by atoms with Crippen LogP contribution in [0.3, 0.4) is 0 Å². The van der Waals surface area contributed by atoms with E-state index in [1.54, 1.807) is 12.5 Å². The molecule has 0 N–H and O–H groups in total. The fourth-order valence-corrected chi connectivity index (χ4v) is 1.87. The Hall–Kier alpha value is -2.10. The maximum absolute atomic E-state index is 5.53. The van der Waals surface area contributed by atoms with E-state index >= 15 is 0 Å². The first-order chi connectivity index (χ1) is 8.34. The Morgan fingerprint density at radius 2 is 1.94 bits per heavy atom. The molecule has 0 fully saturated rings. The Kier molecular flexibility index (Phi) is 2.40. The topological polar surface area (TPSA) is 31.6 Å². The van der Waals surface area contributed by atoms with Gasteiger partial charge < -0.3 is 13.7 Å². The van der Waals surface area contributed by atoms with E-state index in [9.17, 15) is 0 Å². The molecule has 4 heteroatoms. The molecule has 0 unspecified atom stereocenters. The second-order valence-electron chi connectivity index (χ2n) is 3.94. The van der Waals surface area contributed by atoms with Gasteiger partial charge in [0.1, 0.15) is 17.8 Å². The Balaban J connectivity index is 2.10. The molecular formula is C13H11BO3. The van der Waals surface area contributed by atoms with Gasteiger partial charge in [0, 0.05) is 11.1 Å². The van der Waals surface area contributed by atoms with Gasteiger partial charge in [-0.3, -0.25) is 0 Å². The van der Waals surface area contributed by atoms with E-state index in [1.165, 1.54) is 0 Å². The fraction of sp³-hybridized carbons (Fsp3) is 0.0769. The molecule has 0 aliphatic carbocycles. The van der Waals surface area contributed by atoms with E-state index < -0.39 is 0 Å². The van der Waals surface area contributed by atoms with E-state index in [1.807, 2.05) is 37.3 Å². The van der Waals surface area contributed by atoms with Crippen molar-refractivity contribution in [1.82, 2.24) is 0 Å². The maximum atomic E-state index is 5.53. The van der Waals surface area contributed by atoms with Crippen molar-refractivity contribution in [2.24, 2.45) is 0 Å². The van der Waals surface area contributed by atoms with Crippen LogP contribution in [0, 0.1) is 6.92 Å². The van der Waals surface area contributed by atoms with Gasteiger partial charge in [-0.25, -0.2) is 0 Å². The lowest BCUT2D eigenvalue weighted by Crippen LogP contribution is -1.92. The normalized spacial score (nSPS) is 13.6. The minimum Gasteiger partial charge on any atom is -0.531 e. The number of furan rings is 1.